The maximum atomic E-state index is 12.2. The third-order valence-corrected chi connectivity index (χ3v) is 8.78. The molecule has 46 heavy (non-hydrogen) atoms. The second-order valence-corrected chi connectivity index (χ2v) is 17.8. The molecule has 0 aliphatic rings. The smallest absolute Gasteiger partial charge is 0.432 e. The predicted molar refractivity (Wildman–Crippen MR) is 178 cm³/mol. The van der Waals surface area contributed by atoms with Crippen molar-refractivity contribution >= 4 is 28.4 Å². The molecule has 0 bridgehead atoms. The van der Waals surface area contributed by atoms with Crippen LogP contribution in [0.5, 0.6) is 0 Å². The van der Waals surface area contributed by atoms with Crippen LogP contribution < -0.4 is 0 Å². The fourth-order valence-corrected chi connectivity index (χ4v) is 5.93. The van der Waals surface area contributed by atoms with Crippen LogP contribution in [0.3, 0.4) is 0 Å². The molecule has 0 saturated heterocycles. The highest BCUT2D eigenvalue weighted by Crippen LogP contribution is 2.45. The van der Waals surface area contributed by atoms with Gasteiger partial charge in [0.2, 0.25) is 0 Å². The van der Waals surface area contributed by atoms with Crippen LogP contribution in [0.2, 0.25) is 19.6 Å². The Labute approximate surface area is 275 Å². The van der Waals surface area contributed by atoms with E-state index in [1.165, 1.54) is 6.07 Å². The minimum absolute atomic E-state index is 0.0493. The minimum Gasteiger partial charge on any atom is -0.432 e. The Morgan fingerprint density at radius 1 is 0.913 bits per heavy atom. The van der Waals surface area contributed by atoms with Crippen molar-refractivity contribution in [2.75, 3.05) is 59.5 Å². The van der Waals surface area contributed by atoms with E-state index in [-0.39, 0.29) is 36.5 Å². The van der Waals surface area contributed by atoms with Gasteiger partial charge in [-0.1, -0.05) is 25.6 Å². The third kappa shape index (κ3) is 17.9. The minimum atomic E-state index is -1.64. The summed E-state index contributed by atoms with van der Waals surface area (Å²) in [4.78, 5) is 23.2. The summed E-state index contributed by atoms with van der Waals surface area (Å²) in [6.07, 6.45) is -1.56. The summed E-state index contributed by atoms with van der Waals surface area (Å²) < 4.78 is 40.7. The van der Waals surface area contributed by atoms with Gasteiger partial charge in [0.1, 0.15) is 20.8 Å². The lowest BCUT2D eigenvalue weighted by molar-refractivity contribution is -0.386. The lowest BCUT2D eigenvalue weighted by atomic mass is 10.0. The number of nitro benzene ring substituents is 1. The largest absolute Gasteiger partial charge is 0.508 e. The zero-order chi connectivity index (χ0) is 34.5. The molecule has 0 aromatic heterocycles. The maximum Gasteiger partial charge on any atom is 0.508 e. The average molecular weight is 684 g/mol. The number of benzene rings is 1. The lowest BCUT2D eigenvalue weighted by Crippen LogP contribution is -2.34. The summed E-state index contributed by atoms with van der Waals surface area (Å²) in [6, 6.07) is 7.07. The van der Waals surface area contributed by atoms with Gasteiger partial charge in [-0.15, -0.1) is 5.54 Å². The van der Waals surface area contributed by atoms with Crippen LogP contribution in [0.15, 0.2) is 18.2 Å². The molecule has 0 amide bonds. The van der Waals surface area contributed by atoms with Crippen molar-refractivity contribution in [1.82, 2.24) is 4.67 Å². The maximum absolute atomic E-state index is 12.2. The van der Waals surface area contributed by atoms with E-state index in [0.717, 1.165) is 0 Å². The van der Waals surface area contributed by atoms with Crippen LogP contribution in [0.4, 0.5) is 10.5 Å². The molecule has 1 rings (SSSR count). The number of hydrogen-bond acceptors (Lipinski definition) is 12. The highest BCUT2D eigenvalue weighted by Gasteiger charge is 2.27. The Balaban J connectivity index is 2.26. The first-order chi connectivity index (χ1) is 21.8. The Bertz CT molecular complexity index is 1160. The van der Waals surface area contributed by atoms with Gasteiger partial charge in [0.25, 0.3) is 14.2 Å². The second kappa shape index (κ2) is 22.8. The molecule has 13 nitrogen and oxygen atoms in total. The molecule has 1 aromatic carbocycles. The molecule has 2 atom stereocenters. The van der Waals surface area contributed by atoms with E-state index in [1.54, 1.807) is 19.1 Å². The molecule has 0 spiro atoms. The quantitative estimate of drug-likeness (QED) is 0.0254. The van der Waals surface area contributed by atoms with Crippen molar-refractivity contribution in [2.24, 2.45) is 0 Å². The molecule has 258 valence electrons. The molecular formula is C31H50N3O10PSi. The summed E-state index contributed by atoms with van der Waals surface area (Å²) in [7, 11) is -2.94. The van der Waals surface area contributed by atoms with E-state index in [0.29, 0.717) is 58.2 Å². The van der Waals surface area contributed by atoms with Crippen LogP contribution in [0, 0.1) is 32.9 Å². The number of nitro groups is 1. The number of carbonyl (C=O) groups excluding carboxylic acids is 1. The Morgan fingerprint density at radius 3 is 1.98 bits per heavy atom. The van der Waals surface area contributed by atoms with Gasteiger partial charge in [-0.3, -0.25) is 10.1 Å². The topological polar surface area (TPSA) is 152 Å². The fraction of sp³-hybridized carbons (Fsp3) is 0.677. The molecule has 15 heteroatoms. The Hall–Kier alpha value is -2.65. The summed E-state index contributed by atoms with van der Waals surface area (Å²) in [5, 5.41) is 20.3. The molecule has 0 heterocycles. The monoisotopic (exact) mass is 683 g/mol. The molecule has 0 saturated carbocycles. The van der Waals surface area contributed by atoms with E-state index >= 15 is 0 Å². The summed E-state index contributed by atoms with van der Waals surface area (Å²) in [5.74, 6) is 3.06. The van der Waals surface area contributed by atoms with E-state index in [1.807, 2.05) is 0 Å². The highest BCUT2D eigenvalue weighted by atomic mass is 31.2. The van der Waals surface area contributed by atoms with Gasteiger partial charge in [0.15, 0.2) is 0 Å². The van der Waals surface area contributed by atoms with Gasteiger partial charge >= 0.3 is 6.16 Å². The standard InChI is InChI=1S/C31H50N3O10PSi/c1-25(2)33(26(3)4)45(42-14-9-13-32)43-22-20-40-18-16-38-15-17-39-19-21-41-31(35)44-27(5)29-24-28(12-23-46(6,7)8)10-11-30(29)34(36)37/h10-11,24-27H,9,14-22H2,1-8H3. The summed E-state index contributed by atoms with van der Waals surface area (Å²) in [6.45, 7) is 18.7. The zero-order valence-corrected chi connectivity index (χ0v) is 30.3. The second-order valence-electron chi connectivity index (χ2n) is 11.6. The molecule has 0 N–H and O–H groups in total. The lowest BCUT2D eigenvalue weighted by Gasteiger charge is -2.35. The first-order valence-corrected chi connectivity index (χ1v) is 20.0. The van der Waals surface area contributed by atoms with Crippen molar-refractivity contribution in [3.05, 3.63) is 39.4 Å². The van der Waals surface area contributed by atoms with Crippen molar-refractivity contribution in [2.45, 2.75) is 78.9 Å². The van der Waals surface area contributed by atoms with Crippen molar-refractivity contribution < 1.29 is 42.4 Å². The number of ether oxygens (including phenoxy) is 5. The predicted octanol–water partition coefficient (Wildman–Crippen LogP) is 6.38. The first kappa shape index (κ1) is 41.4. The SMILES string of the molecule is CC(OC(=O)OCCOCCOCCOCCOP(OCCC#N)N(C(C)C)C(C)C)c1cc(C#C[Si](C)(C)C)ccc1[N+](=O)[O-]. The van der Waals surface area contributed by atoms with Crippen LogP contribution >= 0.6 is 8.53 Å². The normalized spacial score (nSPS) is 12.8. The molecule has 0 fully saturated rings. The molecule has 0 aliphatic carbocycles. The summed E-state index contributed by atoms with van der Waals surface area (Å²) >= 11 is 0. The average Bonchev–Trinajstić information content (AvgIpc) is 2.97. The van der Waals surface area contributed by atoms with E-state index in [2.05, 4.69) is 69.5 Å². The van der Waals surface area contributed by atoms with Crippen LogP contribution in [0.1, 0.15) is 58.3 Å². The van der Waals surface area contributed by atoms with Gasteiger partial charge in [0, 0.05) is 23.7 Å². The number of nitrogens with zero attached hydrogens (tertiary/aromatic N) is 3. The highest BCUT2D eigenvalue weighted by molar-refractivity contribution is 7.44. The molecule has 2 unspecified atom stereocenters. The van der Waals surface area contributed by atoms with E-state index in [4.69, 9.17) is 38.0 Å². The van der Waals surface area contributed by atoms with Gasteiger partial charge in [0.05, 0.1) is 75.8 Å². The molecule has 0 aliphatic heterocycles. The first-order valence-electron chi connectivity index (χ1n) is 15.4. The van der Waals surface area contributed by atoms with Crippen LogP contribution in [-0.4, -0.2) is 95.4 Å². The number of hydrogen-bond donors (Lipinski definition) is 0. The summed E-state index contributed by atoms with van der Waals surface area (Å²) in [5.41, 5.74) is 3.92. The fourth-order valence-electron chi connectivity index (χ4n) is 3.84. The third-order valence-electron chi connectivity index (χ3n) is 5.80. The van der Waals surface area contributed by atoms with Crippen molar-refractivity contribution in [3.63, 3.8) is 0 Å². The van der Waals surface area contributed by atoms with Crippen molar-refractivity contribution in [1.29, 1.82) is 5.26 Å². The molecule has 1 aromatic rings. The van der Waals surface area contributed by atoms with Crippen LogP contribution in [0.25, 0.3) is 0 Å². The number of rotatable bonds is 22. The molecular weight excluding hydrogens is 633 g/mol. The van der Waals surface area contributed by atoms with E-state index < -0.39 is 33.8 Å². The zero-order valence-electron chi connectivity index (χ0n) is 28.4. The molecule has 0 radical (unpaired) electrons. The Morgan fingerprint density at radius 2 is 1.46 bits per heavy atom. The Kier molecular flexibility index (Phi) is 20.5. The van der Waals surface area contributed by atoms with Gasteiger partial charge in [-0.2, -0.15) is 5.26 Å². The number of carbonyl (C=O) groups is 1. The number of nitriles is 1. The van der Waals surface area contributed by atoms with Gasteiger partial charge in [-0.05, 0) is 46.8 Å². The van der Waals surface area contributed by atoms with Gasteiger partial charge in [-0.25, -0.2) is 9.46 Å². The van der Waals surface area contributed by atoms with E-state index in [9.17, 15) is 14.9 Å². The van der Waals surface area contributed by atoms with Gasteiger partial charge < -0.3 is 32.7 Å². The van der Waals surface area contributed by atoms with Crippen LogP contribution in [-0.2, 0) is 32.7 Å². The van der Waals surface area contributed by atoms with Crippen molar-refractivity contribution in [3.8, 4) is 17.5 Å².